The minimum Gasteiger partial charge on any atom is -0.406 e. The molecule has 5 nitrogen and oxygen atoms in total. The van der Waals surface area contributed by atoms with Crippen molar-refractivity contribution in [1.29, 1.82) is 0 Å². The minimum absolute atomic E-state index is 0.302. The normalized spacial score (nSPS) is 11.4. The molecular weight excluding hydrogens is 309 g/mol. The Morgan fingerprint density at radius 3 is 2.35 bits per heavy atom. The highest BCUT2D eigenvalue weighted by Gasteiger charge is 2.31. The molecule has 0 amide bonds. The maximum absolute atomic E-state index is 12.1. The van der Waals surface area contributed by atoms with Gasteiger partial charge < -0.3 is 10.5 Å². The van der Waals surface area contributed by atoms with Crippen LogP contribution in [0.25, 0.3) is 22.8 Å². The Morgan fingerprint density at radius 1 is 1.00 bits per heavy atom. The van der Waals surface area contributed by atoms with Crippen LogP contribution in [0.4, 0.5) is 18.9 Å². The lowest BCUT2D eigenvalue weighted by atomic mass is 10.1. The number of nitrogens with one attached hydrogen (secondary N) is 1. The number of para-hydroxylation sites is 1. The first-order valence-corrected chi connectivity index (χ1v) is 6.56. The summed E-state index contributed by atoms with van der Waals surface area (Å²) in [4.78, 5) is 4.31. The number of H-pyrrole nitrogens is 1. The molecule has 118 valence electrons. The molecule has 0 aliphatic heterocycles. The molecule has 0 bridgehead atoms. The molecule has 3 aromatic rings. The third kappa shape index (κ3) is 3.42. The Balaban J connectivity index is 1.85. The fourth-order valence-electron chi connectivity index (χ4n) is 2.03. The molecule has 8 heteroatoms. The lowest BCUT2D eigenvalue weighted by Gasteiger charge is -2.08. The summed E-state index contributed by atoms with van der Waals surface area (Å²) in [6.07, 6.45) is -4.72. The van der Waals surface area contributed by atoms with Gasteiger partial charge in [0.25, 0.3) is 0 Å². The first-order valence-electron chi connectivity index (χ1n) is 6.56. The number of anilines is 1. The Hall–Kier alpha value is -3.03. The highest BCUT2D eigenvalue weighted by atomic mass is 19.4. The van der Waals surface area contributed by atoms with Gasteiger partial charge in [-0.15, -0.1) is 13.2 Å². The average Bonchev–Trinajstić information content (AvgIpc) is 2.96. The van der Waals surface area contributed by atoms with Crippen LogP contribution in [-0.4, -0.2) is 21.5 Å². The van der Waals surface area contributed by atoms with Crippen LogP contribution >= 0.6 is 0 Å². The first-order chi connectivity index (χ1) is 10.9. The molecule has 3 N–H and O–H groups in total. The van der Waals surface area contributed by atoms with Crippen molar-refractivity contribution in [3.8, 4) is 28.5 Å². The van der Waals surface area contributed by atoms with Gasteiger partial charge in [0, 0.05) is 16.8 Å². The number of rotatable bonds is 3. The number of aromatic amines is 1. The molecule has 0 spiro atoms. The average molecular weight is 320 g/mol. The van der Waals surface area contributed by atoms with Gasteiger partial charge in [-0.1, -0.05) is 12.1 Å². The van der Waals surface area contributed by atoms with Gasteiger partial charge >= 0.3 is 6.36 Å². The molecular formula is C15H11F3N4O. The molecule has 0 aliphatic carbocycles. The molecule has 2 aromatic carbocycles. The van der Waals surface area contributed by atoms with Gasteiger partial charge in [-0.25, -0.2) is 4.98 Å². The summed E-state index contributed by atoms with van der Waals surface area (Å²) in [5, 5.41) is 6.82. The van der Waals surface area contributed by atoms with Crippen molar-refractivity contribution < 1.29 is 17.9 Å². The van der Waals surface area contributed by atoms with Crippen LogP contribution in [0.2, 0.25) is 0 Å². The molecule has 0 atom stereocenters. The fourth-order valence-corrected chi connectivity index (χ4v) is 2.03. The van der Waals surface area contributed by atoms with E-state index in [1.54, 1.807) is 18.2 Å². The molecule has 0 aliphatic rings. The van der Waals surface area contributed by atoms with E-state index in [1.807, 2.05) is 6.07 Å². The zero-order chi connectivity index (χ0) is 16.4. The van der Waals surface area contributed by atoms with Crippen LogP contribution in [-0.2, 0) is 0 Å². The Labute approximate surface area is 128 Å². The quantitative estimate of drug-likeness (QED) is 0.723. The Bertz CT molecular complexity index is 812. The summed E-state index contributed by atoms with van der Waals surface area (Å²) < 4.78 is 40.2. The number of nitrogens with zero attached hydrogens (tertiary/aromatic N) is 2. The zero-order valence-corrected chi connectivity index (χ0v) is 11.6. The summed E-state index contributed by atoms with van der Waals surface area (Å²) in [6.45, 7) is 0. The van der Waals surface area contributed by atoms with E-state index in [0.29, 0.717) is 28.5 Å². The maximum Gasteiger partial charge on any atom is 0.573 e. The summed E-state index contributed by atoms with van der Waals surface area (Å²) in [7, 11) is 0. The van der Waals surface area contributed by atoms with Crippen molar-refractivity contribution in [3.05, 3.63) is 48.5 Å². The molecule has 1 aromatic heterocycles. The SMILES string of the molecule is Nc1ccccc1-c1nc(-c2ccc(OC(F)(F)F)cc2)n[nH]1. The lowest BCUT2D eigenvalue weighted by molar-refractivity contribution is -0.274. The number of hydrogen-bond acceptors (Lipinski definition) is 4. The second kappa shape index (κ2) is 5.64. The van der Waals surface area contributed by atoms with Gasteiger partial charge in [0.15, 0.2) is 11.6 Å². The number of ether oxygens (including phenoxy) is 1. The fraction of sp³-hybridized carbons (Fsp3) is 0.0667. The standard InChI is InChI=1S/C15H11F3N4O/c16-15(17,18)23-10-7-5-9(6-8-10)13-20-14(22-21-13)11-3-1-2-4-12(11)19/h1-8H,19H2,(H,20,21,22). The van der Waals surface area contributed by atoms with Gasteiger partial charge in [-0.3, -0.25) is 5.10 Å². The smallest absolute Gasteiger partial charge is 0.406 e. The molecule has 0 unspecified atom stereocenters. The molecule has 3 rings (SSSR count). The van der Waals surface area contributed by atoms with Crippen LogP contribution in [0.5, 0.6) is 5.75 Å². The van der Waals surface area contributed by atoms with Gasteiger partial charge in [0.1, 0.15) is 5.75 Å². The van der Waals surface area contributed by atoms with Crippen LogP contribution in [0.15, 0.2) is 48.5 Å². The van der Waals surface area contributed by atoms with Crippen molar-refractivity contribution in [1.82, 2.24) is 15.2 Å². The number of halogens is 3. The summed E-state index contributed by atoms with van der Waals surface area (Å²) >= 11 is 0. The van der Waals surface area contributed by atoms with E-state index in [2.05, 4.69) is 19.9 Å². The second-order valence-corrected chi connectivity index (χ2v) is 4.67. The highest BCUT2D eigenvalue weighted by molar-refractivity contribution is 5.72. The third-order valence-electron chi connectivity index (χ3n) is 3.05. The van der Waals surface area contributed by atoms with Crippen molar-refractivity contribution in [2.45, 2.75) is 6.36 Å². The number of aromatic nitrogens is 3. The topological polar surface area (TPSA) is 76.8 Å². The van der Waals surface area contributed by atoms with Gasteiger partial charge in [0.05, 0.1) is 0 Å². The van der Waals surface area contributed by atoms with Crippen molar-refractivity contribution >= 4 is 5.69 Å². The van der Waals surface area contributed by atoms with Crippen LogP contribution in [0.1, 0.15) is 0 Å². The Morgan fingerprint density at radius 2 is 1.70 bits per heavy atom. The van der Waals surface area contributed by atoms with Crippen LogP contribution < -0.4 is 10.5 Å². The summed E-state index contributed by atoms with van der Waals surface area (Å²) in [5.41, 5.74) is 7.66. The van der Waals surface area contributed by atoms with E-state index in [0.717, 1.165) is 0 Å². The highest BCUT2D eigenvalue weighted by Crippen LogP contribution is 2.27. The number of nitrogen functional groups attached to an aromatic ring is 1. The van der Waals surface area contributed by atoms with Gasteiger partial charge in [-0.05, 0) is 36.4 Å². The van der Waals surface area contributed by atoms with Gasteiger partial charge in [0.2, 0.25) is 0 Å². The first kappa shape index (κ1) is 14.9. The summed E-state index contributed by atoms with van der Waals surface area (Å²) in [5.74, 6) is 0.528. The molecule has 1 heterocycles. The predicted octanol–water partition coefficient (Wildman–Crippen LogP) is 3.62. The van der Waals surface area contributed by atoms with Crippen molar-refractivity contribution in [2.75, 3.05) is 5.73 Å². The predicted molar refractivity (Wildman–Crippen MR) is 78.4 cm³/mol. The monoisotopic (exact) mass is 320 g/mol. The number of alkyl halides is 3. The summed E-state index contributed by atoms with van der Waals surface area (Å²) in [6, 6.07) is 12.4. The third-order valence-corrected chi connectivity index (χ3v) is 3.05. The largest absolute Gasteiger partial charge is 0.573 e. The van der Waals surface area contributed by atoms with Crippen molar-refractivity contribution in [2.24, 2.45) is 0 Å². The van der Waals surface area contributed by atoms with E-state index >= 15 is 0 Å². The van der Waals surface area contributed by atoms with E-state index in [4.69, 9.17) is 5.73 Å². The van der Waals surface area contributed by atoms with Gasteiger partial charge in [-0.2, -0.15) is 5.10 Å². The van der Waals surface area contributed by atoms with Crippen LogP contribution in [0.3, 0.4) is 0 Å². The lowest BCUT2D eigenvalue weighted by Crippen LogP contribution is -2.16. The van der Waals surface area contributed by atoms with E-state index < -0.39 is 6.36 Å². The van der Waals surface area contributed by atoms with E-state index in [-0.39, 0.29) is 5.75 Å². The maximum atomic E-state index is 12.1. The molecule has 0 fully saturated rings. The number of nitrogens with two attached hydrogens (primary N) is 1. The van der Waals surface area contributed by atoms with E-state index in [9.17, 15) is 13.2 Å². The molecule has 23 heavy (non-hydrogen) atoms. The van der Waals surface area contributed by atoms with E-state index in [1.165, 1.54) is 24.3 Å². The number of hydrogen-bond donors (Lipinski definition) is 2. The number of benzene rings is 2. The van der Waals surface area contributed by atoms with Crippen molar-refractivity contribution in [3.63, 3.8) is 0 Å². The van der Waals surface area contributed by atoms with Crippen LogP contribution in [0, 0.1) is 0 Å². The Kier molecular flexibility index (Phi) is 3.65. The molecule has 0 radical (unpaired) electrons. The molecule has 0 saturated carbocycles. The zero-order valence-electron chi connectivity index (χ0n) is 11.6. The molecule has 0 saturated heterocycles. The second-order valence-electron chi connectivity index (χ2n) is 4.67. The minimum atomic E-state index is -4.72.